The lowest BCUT2D eigenvalue weighted by Gasteiger charge is -2.26. The van der Waals surface area contributed by atoms with E-state index in [0.29, 0.717) is 26.2 Å². The van der Waals surface area contributed by atoms with E-state index in [-0.39, 0.29) is 4.90 Å². The Hall–Kier alpha value is -1.60. The van der Waals surface area contributed by atoms with Crippen molar-refractivity contribution in [2.24, 2.45) is 0 Å². The first-order valence-electron chi connectivity index (χ1n) is 6.00. The summed E-state index contributed by atoms with van der Waals surface area (Å²) in [6, 6.07) is 6.17. The van der Waals surface area contributed by atoms with Gasteiger partial charge < -0.3 is 14.4 Å². The number of nitrogens with one attached hydrogen (secondary N) is 1. The molecule has 0 radical (unpaired) electrons. The number of carbonyl (C=O) groups excluding carboxylic acids is 1. The van der Waals surface area contributed by atoms with E-state index in [9.17, 15) is 13.2 Å². The van der Waals surface area contributed by atoms with Crippen LogP contribution >= 0.6 is 0 Å². The normalized spacial score (nSPS) is 16.2. The summed E-state index contributed by atoms with van der Waals surface area (Å²) in [5.41, 5.74) is 0.937. The van der Waals surface area contributed by atoms with E-state index in [1.807, 2.05) is 6.92 Å². The van der Waals surface area contributed by atoms with Gasteiger partial charge in [0.2, 0.25) is 0 Å². The lowest BCUT2D eigenvalue weighted by molar-refractivity contribution is 0.148. The predicted octanol–water partition coefficient (Wildman–Crippen LogP) is 0.726. The van der Waals surface area contributed by atoms with Crippen molar-refractivity contribution in [3.63, 3.8) is 0 Å². The molecular weight excluding hydrogens is 268 g/mol. The molecular formula is C12H16N2O4S. The van der Waals surface area contributed by atoms with Crippen LogP contribution in [0.4, 0.5) is 4.79 Å². The number of rotatable bonds is 2. The van der Waals surface area contributed by atoms with Crippen molar-refractivity contribution < 1.29 is 17.4 Å². The summed E-state index contributed by atoms with van der Waals surface area (Å²) in [6.45, 7) is 4.02. The summed E-state index contributed by atoms with van der Waals surface area (Å²) in [7, 11) is -4.04. The number of hydrogen-bond acceptors (Lipinski definition) is 5. The molecule has 0 aliphatic carbocycles. The second-order valence-corrected chi connectivity index (χ2v) is 5.90. The van der Waals surface area contributed by atoms with Crippen LogP contribution in [-0.4, -0.2) is 45.6 Å². The molecule has 1 N–H and O–H groups in total. The summed E-state index contributed by atoms with van der Waals surface area (Å²) in [5.74, 6) is 0. The largest absolute Gasteiger partial charge is 0.425 e. The molecule has 6 nitrogen and oxygen atoms in total. The molecule has 1 aromatic carbocycles. The molecule has 1 fully saturated rings. The molecule has 1 amide bonds. The highest BCUT2D eigenvalue weighted by Crippen LogP contribution is 2.14. The Morgan fingerprint density at radius 3 is 2.37 bits per heavy atom. The van der Waals surface area contributed by atoms with Crippen LogP contribution in [0.15, 0.2) is 29.2 Å². The molecule has 1 aliphatic heterocycles. The Labute approximate surface area is 112 Å². The number of amides is 1. The second kappa shape index (κ2) is 5.58. The molecule has 2 rings (SSSR count). The highest BCUT2D eigenvalue weighted by Gasteiger charge is 2.25. The van der Waals surface area contributed by atoms with Crippen molar-refractivity contribution in [2.45, 2.75) is 11.8 Å². The monoisotopic (exact) mass is 284 g/mol. The highest BCUT2D eigenvalue weighted by atomic mass is 32.2. The van der Waals surface area contributed by atoms with Gasteiger partial charge in [0.15, 0.2) is 0 Å². The second-order valence-electron chi connectivity index (χ2n) is 4.35. The standard InChI is InChI=1S/C12H16N2O4S/c1-10-2-4-11(5-3-10)19(16,17)18-12(15)14-8-6-13-7-9-14/h2-5,13H,6-9H2,1H3. The Morgan fingerprint density at radius 2 is 1.79 bits per heavy atom. The predicted molar refractivity (Wildman–Crippen MR) is 69.3 cm³/mol. The van der Waals surface area contributed by atoms with Crippen LogP contribution < -0.4 is 5.32 Å². The highest BCUT2D eigenvalue weighted by molar-refractivity contribution is 7.87. The van der Waals surface area contributed by atoms with Gasteiger partial charge in [-0.25, -0.2) is 4.79 Å². The molecule has 1 heterocycles. The maximum atomic E-state index is 11.9. The van der Waals surface area contributed by atoms with Crippen LogP contribution in [0.2, 0.25) is 0 Å². The minimum Gasteiger partial charge on any atom is -0.324 e. The molecule has 0 unspecified atom stereocenters. The Kier molecular flexibility index (Phi) is 4.06. The van der Waals surface area contributed by atoms with Crippen molar-refractivity contribution in [2.75, 3.05) is 26.2 Å². The van der Waals surface area contributed by atoms with Gasteiger partial charge in [-0.1, -0.05) is 17.7 Å². The third kappa shape index (κ3) is 3.45. The Morgan fingerprint density at radius 1 is 1.21 bits per heavy atom. The van der Waals surface area contributed by atoms with Gasteiger partial charge in [0, 0.05) is 26.2 Å². The number of piperazine rings is 1. The van der Waals surface area contributed by atoms with Crippen LogP contribution in [0.5, 0.6) is 0 Å². The van der Waals surface area contributed by atoms with Gasteiger partial charge in [0.05, 0.1) is 0 Å². The average molecular weight is 284 g/mol. The molecule has 1 aromatic rings. The van der Waals surface area contributed by atoms with E-state index in [2.05, 4.69) is 9.50 Å². The number of nitrogens with zero attached hydrogens (tertiary/aromatic N) is 1. The zero-order valence-corrected chi connectivity index (χ0v) is 11.4. The van der Waals surface area contributed by atoms with Crippen molar-refractivity contribution >= 4 is 16.2 Å². The van der Waals surface area contributed by atoms with E-state index >= 15 is 0 Å². The summed E-state index contributed by atoms with van der Waals surface area (Å²) in [6.07, 6.45) is -0.818. The lowest BCUT2D eigenvalue weighted by Crippen LogP contribution is -2.47. The quantitative estimate of drug-likeness (QED) is 0.810. The molecule has 1 saturated heterocycles. The fourth-order valence-corrected chi connectivity index (χ4v) is 2.61. The van der Waals surface area contributed by atoms with Crippen LogP contribution in [-0.2, 0) is 14.3 Å². The Bertz CT molecular complexity index is 548. The number of hydrogen-bond donors (Lipinski definition) is 1. The molecule has 1 aliphatic rings. The first-order valence-corrected chi connectivity index (χ1v) is 7.41. The molecule has 0 bridgehead atoms. The summed E-state index contributed by atoms with van der Waals surface area (Å²) in [4.78, 5) is 13.1. The maximum Gasteiger partial charge on any atom is 0.425 e. The van der Waals surface area contributed by atoms with Crippen molar-refractivity contribution in [3.8, 4) is 0 Å². The molecule has 0 saturated carbocycles. The SMILES string of the molecule is Cc1ccc(S(=O)(=O)OC(=O)N2CCNCC2)cc1. The maximum absolute atomic E-state index is 11.9. The first kappa shape index (κ1) is 13.8. The van der Waals surface area contributed by atoms with Gasteiger partial charge in [-0.3, -0.25) is 0 Å². The smallest absolute Gasteiger partial charge is 0.324 e. The van der Waals surface area contributed by atoms with Crippen molar-refractivity contribution in [1.82, 2.24) is 10.2 Å². The zero-order chi connectivity index (χ0) is 13.9. The number of carbonyl (C=O) groups is 1. The zero-order valence-electron chi connectivity index (χ0n) is 10.6. The molecule has 7 heteroatoms. The van der Waals surface area contributed by atoms with E-state index in [1.54, 1.807) is 12.1 Å². The minimum absolute atomic E-state index is 0.0124. The lowest BCUT2D eigenvalue weighted by atomic mass is 10.2. The van der Waals surface area contributed by atoms with Gasteiger partial charge in [-0.15, -0.1) is 0 Å². The van der Waals surface area contributed by atoms with Crippen LogP contribution in [0.3, 0.4) is 0 Å². The van der Waals surface area contributed by atoms with E-state index in [4.69, 9.17) is 0 Å². The topological polar surface area (TPSA) is 75.7 Å². The van der Waals surface area contributed by atoms with Gasteiger partial charge in [0.1, 0.15) is 4.90 Å². The summed E-state index contributed by atoms with van der Waals surface area (Å²) in [5, 5.41) is 3.07. The number of aryl methyl sites for hydroxylation is 1. The molecule has 19 heavy (non-hydrogen) atoms. The third-order valence-electron chi connectivity index (χ3n) is 2.87. The molecule has 0 aromatic heterocycles. The van der Waals surface area contributed by atoms with Gasteiger partial charge in [0.25, 0.3) is 0 Å². The van der Waals surface area contributed by atoms with Gasteiger partial charge in [-0.2, -0.15) is 8.42 Å². The van der Waals surface area contributed by atoms with Crippen molar-refractivity contribution in [3.05, 3.63) is 29.8 Å². The fraction of sp³-hybridized carbons (Fsp3) is 0.417. The number of benzene rings is 1. The van der Waals surface area contributed by atoms with E-state index < -0.39 is 16.2 Å². The minimum atomic E-state index is -4.04. The van der Waals surface area contributed by atoms with Crippen LogP contribution in [0.1, 0.15) is 5.56 Å². The first-order chi connectivity index (χ1) is 8.99. The summed E-state index contributed by atoms with van der Waals surface area (Å²) >= 11 is 0. The van der Waals surface area contributed by atoms with Crippen molar-refractivity contribution in [1.29, 1.82) is 0 Å². The van der Waals surface area contributed by atoms with E-state index in [1.165, 1.54) is 17.0 Å². The van der Waals surface area contributed by atoms with Gasteiger partial charge >= 0.3 is 16.2 Å². The third-order valence-corrected chi connectivity index (χ3v) is 4.08. The molecule has 104 valence electrons. The Balaban J connectivity index is 2.08. The molecule has 0 spiro atoms. The van der Waals surface area contributed by atoms with Crippen LogP contribution in [0.25, 0.3) is 0 Å². The van der Waals surface area contributed by atoms with Gasteiger partial charge in [-0.05, 0) is 19.1 Å². The fourth-order valence-electron chi connectivity index (χ4n) is 1.75. The van der Waals surface area contributed by atoms with Crippen LogP contribution in [0, 0.1) is 6.92 Å². The summed E-state index contributed by atoms with van der Waals surface area (Å²) < 4.78 is 28.5. The molecule has 0 atom stereocenters. The van der Waals surface area contributed by atoms with E-state index in [0.717, 1.165) is 5.56 Å². The average Bonchev–Trinajstić information content (AvgIpc) is 2.40.